The summed E-state index contributed by atoms with van der Waals surface area (Å²) in [4.78, 5) is 31.8. The summed E-state index contributed by atoms with van der Waals surface area (Å²) in [7, 11) is 2.15. The van der Waals surface area contributed by atoms with Crippen LogP contribution in [0.4, 0.5) is 11.5 Å². The number of fused-ring (bicyclic) bond motifs is 3. The van der Waals surface area contributed by atoms with Crippen molar-refractivity contribution >= 4 is 17.4 Å². The van der Waals surface area contributed by atoms with Crippen LogP contribution < -0.4 is 14.5 Å². The topological polar surface area (TPSA) is 88.8 Å². The summed E-state index contributed by atoms with van der Waals surface area (Å²) in [6.45, 7) is 8.85. The van der Waals surface area contributed by atoms with Crippen LogP contribution in [0.25, 0.3) is 0 Å². The Balaban J connectivity index is 1.28. The lowest BCUT2D eigenvalue weighted by atomic mass is 9.90. The fourth-order valence-corrected chi connectivity index (χ4v) is 7.80. The molecule has 0 saturated carbocycles. The van der Waals surface area contributed by atoms with Crippen LogP contribution in [0.3, 0.4) is 0 Å². The molecule has 1 fully saturated rings. The van der Waals surface area contributed by atoms with E-state index >= 15 is 0 Å². The third-order valence-corrected chi connectivity index (χ3v) is 10.1. The van der Waals surface area contributed by atoms with Crippen molar-refractivity contribution in [3.8, 4) is 17.8 Å². The molecule has 0 bridgehead atoms. The lowest BCUT2D eigenvalue weighted by molar-refractivity contribution is -0.128. The van der Waals surface area contributed by atoms with E-state index in [1.807, 2.05) is 6.07 Å². The average molecular weight is 618 g/mol. The van der Waals surface area contributed by atoms with Crippen molar-refractivity contribution in [3.63, 3.8) is 0 Å². The molecule has 1 atom stereocenters. The molecular weight excluding hydrogens is 574 g/mol. The molecule has 46 heavy (non-hydrogen) atoms. The summed E-state index contributed by atoms with van der Waals surface area (Å²) in [5.74, 6) is 1.56. The zero-order valence-electron chi connectivity index (χ0n) is 26.9. The number of carbonyl (C=O) groups excluding carboxylic acids is 1. The summed E-state index contributed by atoms with van der Waals surface area (Å²) in [5.41, 5.74) is 8.96. The molecule has 1 amide bonds. The molecule has 2 aromatic carbocycles. The number of hydrogen-bond acceptors (Lipinski definition) is 8. The van der Waals surface area contributed by atoms with E-state index in [9.17, 15) is 10.1 Å². The molecule has 0 spiro atoms. The number of nitriles is 1. The molecule has 4 heterocycles. The van der Waals surface area contributed by atoms with Gasteiger partial charge in [0.2, 0.25) is 5.91 Å². The average Bonchev–Trinajstić information content (AvgIpc) is 3.30. The zero-order valence-corrected chi connectivity index (χ0v) is 26.9. The lowest BCUT2D eigenvalue weighted by Gasteiger charge is -2.41. The molecule has 1 aromatic heterocycles. The largest absolute Gasteiger partial charge is 0.424 e. The standard InChI is InChI=1S/C37H43N7O2/c1-3-35(45)44-22-21-43(24-28(44)16-18-38)36-31-13-8-19-42(33-14-6-10-26-9-4-5-12-29(26)33)25-32(31)39-37(40-36)46-34-15-7-11-27-23-41(2)20-17-30(27)34/h3,6-7,10-11,14-15,28H,1,4-5,8-9,12-13,16-17,19-25H2,2H3/t28-/m0/s1. The van der Waals surface area contributed by atoms with Gasteiger partial charge in [-0.3, -0.25) is 4.79 Å². The number of amides is 1. The van der Waals surface area contributed by atoms with Crippen LogP contribution in [0.15, 0.2) is 49.1 Å². The van der Waals surface area contributed by atoms with Crippen LogP contribution in [0.1, 0.15) is 59.2 Å². The minimum absolute atomic E-state index is 0.133. The Labute approximate surface area is 272 Å². The summed E-state index contributed by atoms with van der Waals surface area (Å²) in [6.07, 6.45) is 9.14. The number of aryl methyl sites for hydroxylation is 1. The summed E-state index contributed by atoms with van der Waals surface area (Å²) in [6, 6.07) is 15.5. The second kappa shape index (κ2) is 13.1. The molecule has 1 saturated heterocycles. The second-order valence-corrected chi connectivity index (χ2v) is 13.1. The van der Waals surface area contributed by atoms with E-state index in [1.54, 1.807) is 4.90 Å². The van der Waals surface area contributed by atoms with Gasteiger partial charge in [-0.1, -0.05) is 30.8 Å². The van der Waals surface area contributed by atoms with Crippen LogP contribution in [0.5, 0.6) is 11.8 Å². The first-order valence-electron chi connectivity index (χ1n) is 16.8. The van der Waals surface area contributed by atoms with Gasteiger partial charge in [0.05, 0.1) is 30.8 Å². The van der Waals surface area contributed by atoms with E-state index in [-0.39, 0.29) is 18.4 Å². The van der Waals surface area contributed by atoms with Gasteiger partial charge in [0, 0.05) is 56.1 Å². The summed E-state index contributed by atoms with van der Waals surface area (Å²) < 4.78 is 6.62. The smallest absolute Gasteiger partial charge is 0.324 e. The number of anilines is 2. The molecule has 1 aliphatic carbocycles. The second-order valence-electron chi connectivity index (χ2n) is 13.1. The third kappa shape index (κ3) is 5.94. The van der Waals surface area contributed by atoms with Gasteiger partial charge in [0.1, 0.15) is 11.6 Å². The molecule has 0 radical (unpaired) electrons. The maximum atomic E-state index is 12.7. The van der Waals surface area contributed by atoms with Crippen molar-refractivity contribution in [1.29, 1.82) is 5.26 Å². The highest BCUT2D eigenvalue weighted by Crippen LogP contribution is 2.37. The number of rotatable bonds is 6. The Morgan fingerprint density at radius 2 is 1.76 bits per heavy atom. The summed E-state index contributed by atoms with van der Waals surface area (Å²) >= 11 is 0. The van der Waals surface area contributed by atoms with Crippen molar-refractivity contribution < 1.29 is 9.53 Å². The molecule has 4 aliphatic rings. The van der Waals surface area contributed by atoms with E-state index < -0.39 is 0 Å². The van der Waals surface area contributed by atoms with Crippen molar-refractivity contribution in [2.75, 3.05) is 49.6 Å². The van der Waals surface area contributed by atoms with Gasteiger partial charge in [0.25, 0.3) is 0 Å². The van der Waals surface area contributed by atoms with Gasteiger partial charge >= 0.3 is 6.01 Å². The molecular formula is C37H43N7O2. The first-order chi connectivity index (χ1) is 22.5. The van der Waals surface area contributed by atoms with Gasteiger partial charge in [-0.25, -0.2) is 0 Å². The highest BCUT2D eigenvalue weighted by Gasteiger charge is 2.33. The van der Waals surface area contributed by atoms with Gasteiger partial charge < -0.3 is 24.3 Å². The monoisotopic (exact) mass is 617 g/mol. The number of ether oxygens (including phenoxy) is 1. The van der Waals surface area contributed by atoms with Gasteiger partial charge in [-0.2, -0.15) is 15.2 Å². The Morgan fingerprint density at radius 1 is 0.935 bits per heavy atom. The van der Waals surface area contributed by atoms with E-state index in [0.29, 0.717) is 32.2 Å². The minimum atomic E-state index is -0.240. The lowest BCUT2D eigenvalue weighted by Crippen LogP contribution is -2.55. The van der Waals surface area contributed by atoms with Crippen molar-refractivity contribution in [1.82, 2.24) is 19.8 Å². The number of hydrogen-bond donors (Lipinski definition) is 0. The predicted molar refractivity (Wildman–Crippen MR) is 179 cm³/mol. The predicted octanol–water partition coefficient (Wildman–Crippen LogP) is 5.21. The molecule has 0 N–H and O–H groups in total. The zero-order chi connectivity index (χ0) is 31.6. The Hall–Kier alpha value is -4.42. The van der Waals surface area contributed by atoms with E-state index in [4.69, 9.17) is 14.7 Å². The molecule has 238 valence electrons. The number of benzene rings is 2. The SMILES string of the molecule is C=CC(=O)N1CCN(c2nc(Oc3cccc4c3CCN(C)C4)nc3c2CCCN(c2cccc4c2CCCC4)C3)C[C@@H]1CC#N. The number of carbonyl (C=O) groups is 1. The number of aromatic nitrogens is 2. The van der Waals surface area contributed by atoms with Crippen molar-refractivity contribution in [2.24, 2.45) is 0 Å². The Kier molecular flexibility index (Phi) is 8.63. The quantitative estimate of drug-likeness (QED) is 0.349. The molecule has 3 aliphatic heterocycles. The minimum Gasteiger partial charge on any atom is -0.424 e. The van der Waals surface area contributed by atoms with Gasteiger partial charge in [-0.15, -0.1) is 0 Å². The van der Waals surface area contributed by atoms with Crippen LogP contribution in [0.2, 0.25) is 0 Å². The fourth-order valence-electron chi connectivity index (χ4n) is 7.80. The Bertz CT molecular complexity index is 1680. The van der Waals surface area contributed by atoms with Crippen LogP contribution in [-0.4, -0.2) is 71.5 Å². The molecule has 7 rings (SSSR count). The summed E-state index contributed by atoms with van der Waals surface area (Å²) in [5, 5.41) is 9.63. The third-order valence-electron chi connectivity index (χ3n) is 10.1. The highest BCUT2D eigenvalue weighted by molar-refractivity contribution is 5.87. The van der Waals surface area contributed by atoms with Gasteiger partial charge in [-0.05, 0) is 86.9 Å². The van der Waals surface area contributed by atoms with E-state index in [2.05, 4.69) is 64.7 Å². The first-order valence-corrected chi connectivity index (χ1v) is 16.8. The number of piperazine rings is 1. The normalized spacial score (nSPS) is 19.7. The number of likely N-dealkylation sites (N-methyl/N-ethyl adjacent to an activating group) is 1. The van der Waals surface area contributed by atoms with Crippen molar-refractivity contribution in [3.05, 3.63) is 82.6 Å². The molecule has 3 aromatic rings. The van der Waals surface area contributed by atoms with Crippen LogP contribution in [0, 0.1) is 11.3 Å². The van der Waals surface area contributed by atoms with Crippen molar-refractivity contribution in [2.45, 2.75) is 70.5 Å². The molecule has 0 unspecified atom stereocenters. The fraction of sp³-hybridized carbons (Fsp3) is 0.459. The van der Waals surface area contributed by atoms with Crippen LogP contribution in [-0.2, 0) is 43.6 Å². The van der Waals surface area contributed by atoms with E-state index in [0.717, 1.165) is 74.6 Å². The number of nitrogens with zero attached hydrogens (tertiary/aromatic N) is 7. The molecule has 9 nitrogen and oxygen atoms in total. The van der Waals surface area contributed by atoms with Crippen LogP contribution >= 0.6 is 0 Å². The first kappa shape index (κ1) is 30.2. The Morgan fingerprint density at radius 3 is 2.63 bits per heavy atom. The molecule has 9 heteroatoms. The highest BCUT2D eigenvalue weighted by atomic mass is 16.5. The maximum absolute atomic E-state index is 12.7. The maximum Gasteiger partial charge on any atom is 0.324 e. The van der Waals surface area contributed by atoms with Gasteiger partial charge in [0.15, 0.2) is 0 Å². The van der Waals surface area contributed by atoms with E-state index in [1.165, 1.54) is 46.9 Å².